The number of carbonyl (C=O) groups excluding carboxylic acids is 1. The number of rotatable bonds is 6. The Morgan fingerprint density at radius 2 is 2.13 bits per heavy atom. The number of nitrogens with two attached hydrogens (primary N) is 1. The molecule has 1 fully saturated rings. The zero-order valence-electron chi connectivity index (χ0n) is 16.8. The first-order chi connectivity index (χ1) is 15.0. The SMILES string of the molecule is CN1C(=O)C(c2cc(OC3CC3)cc(-c3cnco3)c2)(c2ccnc(CF)c2)N=C1N. The van der Waals surface area contributed by atoms with Crippen LogP contribution in [0.1, 0.15) is 29.7 Å². The first-order valence-corrected chi connectivity index (χ1v) is 9.87. The molecule has 2 N–H and O–H groups in total. The van der Waals surface area contributed by atoms with Gasteiger partial charge in [0.2, 0.25) is 0 Å². The molecular weight excluding hydrogens is 401 g/mol. The number of hydrogen-bond acceptors (Lipinski definition) is 7. The summed E-state index contributed by atoms with van der Waals surface area (Å²) in [4.78, 5) is 27.4. The van der Waals surface area contributed by atoms with Crippen LogP contribution in [0.5, 0.6) is 5.75 Å². The number of benzene rings is 1. The van der Waals surface area contributed by atoms with Gasteiger partial charge in [-0.05, 0) is 54.3 Å². The molecular formula is C22H20FN5O3. The number of nitrogens with zero attached hydrogens (tertiary/aromatic N) is 4. The van der Waals surface area contributed by atoms with Crippen LogP contribution in [0, 0.1) is 0 Å². The summed E-state index contributed by atoms with van der Waals surface area (Å²) in [5.41, 5.74) is 6.45. The fraction of sp³-hybridized carbons (Fsp3) is 0.273. The Kier molecular flexibility index (Phi) is 4.46. The van der Waals surface area contributed by atoms with Gasteiger partial charge in [-0.2, -0.15) is 0 Å². The Labute approximate surface area is 177 Å². The number of halogens is 1. The van der Waals surface area contributed by atoms with E-state index in [2.05, 4.69) is 15.0 Å². The van der Waals surface area contributed by atoms with Gasteiger partial charge < -0.3 is 14.9 Å². The van der Waals surface area contributed by atoms with Crippen molar-refractivity contribution in [1.29, 1.82) is 0 Å². The lowest BCUT2D eigenvalue weighted by atomic mass is 9.82. The summed E-state index contributed by atoms with van der Waals surface area (Å²) < 4.78 is 24.9. The van der Waals surface area contributed by atoms with E-state index in [4.69, 9.17) is 14.9 Å². The Hall–Kier alpha value is -3.75. The van der Waals surface area contributed by atoms with Crippen molar-refractivity contribution in [2.24, 2.45) is 10.7 Å². The lowest BCUT2D eigenvalue weighted by Crippen LogP contribution is -2.41. The minimum Gasteiger partial charge on any atom is -0.490 e. The van der Waals surface area contributed by atoms with Gasteiger partial charge >= 0.3 is 0 Å². The largest absolute Gasteiger partial charge is 0.490 e. The normalized spacial score (nSPS) is 20.8. The summed E-state index contributed by atoms with van der Waals surface area (Å²) in [6.45, 7) is -0.763. The molecule has 1 aliphatic carbocycles. The van der Waals surface area contributed by atoms with Crippen LogP contribution < -0.4 is 10.5 Å². The molecule has 3 aromatic rings. The zero-order chi connectivity index (χ0) is 21.6. The average molecular weight is 421 g/mol. The van der Waals surface area contributed by atoms with Gasteiger partial charge in [0.1, 0.15) is 12.4 Å². The lowest BCUT2D eigenvalue weighted by molar-refractivity contribution is -0.129. The maximum atomic E-state index is 13.5. The molecule has 1 aliphatic heterocycles. The predicted octanol–water partition coefficient (Wildman–Crippen LogP) is 2.78. The number of amides is 1. The molecule has 2 aromatic heterocycles. The summed E-state index contributed by atoms with van der Waals surface area (Å²) in [6.07, 6.45) is 6.48. The van der Waals surface area contributed by atoms with Gasteiger partial charge in [-0.1, -0.05) is 0 Å². The highest BCUT2D eigenvalue weighted by atomic mass is 19.1. The molecule has 0 spiro atoms. The second-order valence-corrected chi connectivity index (χ2v) is 7.64. The van der Waals surface area contributed by atoms with Gasteiger partial charge in [-0.25, -0.2) is 14.4 Å². The van der Waals surface area contributed by atoms with Crippen molar-refractivity contribution in [1.82, 2.24) is 14.9 Å². The molecule has 158 valence electrons. The summed E-state index contributed by atoms with van der Waals surface area (Å²) in [5, 5.41) is 0. The quantitative estimate of drug-likeness (QED) is 0.656. The van der Waals surface area contributed by atoms with Crippen LogP contribution in [-0.4, -0.2) is 39.9 Å². The van der Waals surface area contributed by atoms with E-state index in [1.54, 1.807) is 31.4 Å². The molecule has 8 nitrogen and oxygen atoms in total. The molecule has 9 heteroatoms. The third kappa shape index (κ3) is 3.22. The van der Waals surface area contributed by atoms with Gasteiger partial charge in [0.15, 0.2) is 23.7 Å². The van der Waals surface area contributed by atoms with E-state index in [0.29, 0.717) is 28.2 Å². The van der Waals surface area contributed by atoms with E-state index in [9.17, 15) is 9.18 Å². The van der Waals surface area contributed by atoms with Gasteiger partial charge in [-0.15, -0.1) is 0 Å². The minimum atomic E-state index is -1.50. The number of pyridine rings is 1. The highest BCUT2D eigenvalue weighted by Gasteiger charge is 2.50. The smallest absolute Gasteiger partial charge is 0.266 e. The van der Waals surface area contributed by atoms with Crippen molar-refractivity contribution in [3.05, 3.63) is 65.9 Å². The van der Waals surface area contributed by atoms with Crippen LogP contribution in [0.25, 0.3) is 11.3 Å². The average Bonchev–Trinajstić information content (AvgIpc) is 3.36. The maximum absolute atomic E-state index is 13.5. The second kappa shape index (κ2) is 7.19. The van der Waals surface area contributed by atoms with Crippen LogP contribution in [-0.2, 0) is 17.0 Å². The number of carbonyl (C=O) groups is 1. The van der Waals surface area contributed by atoms with E-state index >= 15 is 0 Å². The highest BCUT2D eigenvalue weighted by Crippen LogP contribution is 2.43. The van der Waals surface area contributed by atoms with Gasteiger partial charge in [0.25, 0.3) is 5.91 Å². The predicted molar refractivity (Wildman–Crippen MR) is 110 cm³/mol. The number of aromatic nitrogens is 2. The van der Waals surface area contributed by atoms with Crippen molar-refractivity contribution in [3.63, 3.8) is 0 Å². The van der Waals surface area contributed by atoms with Gasteiger partial charge in [0, 0.05) is 18.8 Å². The Morgan fingerprint density at radius 3 is 2.77 bits per heavy atom. The number of oxazole rings is 1. The van der Waals surface area contributed by atoms with Crippen LogP contribution in [0.2, 0.25) is 0 Å². The fourth-order valence-electron chi connectivity index (χ4n) is 3.72. The minimum absolute atomic E-state index is 0.0679. The van der Waals surface area contributed by atoms with Crippen LogP contribution in [0.3, 0.4) is 0 Å². The Balaban J connectivity index is 1.75. The molecule has 0 saturated heterocycles. The van der Waals surface area contributed by atoms with Crippen LogP contribution in [0.15, 0.2) is 58.5 Å². The summed E-state index contributed by atoms with van der Waals surface area (Å²) in [5.74, 6) is 0.820. The molecule has 5 rings (SSSR count). The molecule has 0 radical (unpaired) electrons. The van der Waals surface area contributed by atoms with Crippen molar-refractivity contribution in [3.8, 4) is 17.1 Å². The lowest BCUT2D eigenvalue weighted by Gasteiger charge is -2.27. The maximum Gasteiger partial charge on any atom is 0.266 e. The molecule has 0 bridgehead atoms. The van der Waals surface area contributed by atoms with E-state index < -0.39 is 12.2 Å². The summed E-state index contributed by atoms with van der Waals surface area (Å²) in [6, 6.07) is 8.60. The van der Waals surface area contributed by atoms with Crippen molar-refractivity contribution < 1.29 is 18.3 Å². The van der Waals surface area contributed by atoms with Crippen molar-refractivity contribution >= 4 is 11.9 Å². The fourth-order valence-corrected chi connectivity index (χ4v) is 3.72. The standard InChI is InChI=1S/C22H20FN5O3/c1-28-20(29)22(27-21(28)24,14-4-5-26-16(8-14)10-23)15-6-13(19-11-25-12-30-19)7-18(9-15)31-17-2-3-17/h4-9,11-12,17H,2-3,10H2,1H3,(H2,24,27). The van der Waals surface area contributed by atoms with Gasteiger partial charge in [-0.3, -0.25) is 14.7 Å². The van der Waals surface area contributed by atoms with E-state index in [-0.39, 0.29) is 23.7 Å². The van der Waals surface area contributed by atoms with Crippen LogP contribution >= 0.6 is 0 Å². The second-order valence-electron chi connectivity index (χ2n) is 7.64. The highest BCUT2D eigenvalue weighted by molar-refractivity contribution is 6.09. The number of likely N-dealkylation sites (N-methyl/N-ethyl adjacent to an activating group) is 1. The van der Waals surface area contributed by atoms with E-state index in [1.807, 2.05) is 6.07 Å². The molecule has 1 aromatic carbocycles. The number of alkyl halides is 1. The monoisotopic (exact) mass is 421 g/mol. The zero-order valence-corrected chi connectivity index (χ0v) is 16.8. The summed E-state index contributed by atoms with van der Waals surface area (Å²) >= 11 is 0. The molecule has 1 saturated carbocycles. The Bertz CT molecular complexity index is 1180. The molecule has 3 heterocycles. The van der Waals surface area contributed by atoms with E-state index in [1.165, 1.54) is 23.6 Å². The number of ether oxygens (including phenoxy) is 1. The summed E-state index contributed by atoms with van der Waals surface area (Å²) in [7, 11) is 1.56. The Morgan fingerprint density at radius 1 is 1.29 bits per heavy atom. The molecule has 31 heavy (non-hydrogen) atoms. The van der Waals surface area contributed by atoms with Crippen molar-refractivity contribution in [2.45, 2.75) is 31.2 Å². The number of hydrogen-bond donors (Lipinski definition) is 1. The third-order valence-corrected chi connectivity index (χ3v) is 5.48. The molecule has 2 aliphatic rings. The van der Waals surface area contributed by atoms with E-state index in [0.717, 1.165) is 12.8 Å². The molecule has 1 unspecified atom stereocenters. The topological polar surface area (TPSA) is 107 Å². The van der Waals surface area contributed by atoms with Crippen molar-refractivity contribution in [2.75, 3.05) is 7.05 Å². The van der Waals surface area contributed by atoms with Crippen LogP contribution in [0.4, 0.5) is 4.39 Å². The first-order valence-electron chi connectivity index (χ1n) is 9.87. The first kappa shape index (κ1) is 19.2. The molecule has 1 atom stereocenters. The van der Waals surface area contributed by atoms with Gasteiger partial charge in [0.05, 0.1) is 18.0 Å². The third-order valence-electron chi connectivity index (χ3n) is 5.48. The number of aliphatic imine (C=N–C) groups is 1. The number of guanidine groups is 1. The molecule has 1 amide bonds.